The maximum absolute atomic E-state index is 13.0. The van der Waals surface area contributed by atoms with Crippen molar-refractivity contribution in [1.82, 2.24) is 15.0 Å². The molecule has 0 bridgehead atoms. The van der Waals surface area contributed by atoms with Gasteiger partial charge in [-0.25, -0.2) is 4.79 Å². The van der Waals surface area contributed by atoms with Crippen LogP contribution in [0.4, 0.5) is 5.69 Å². The highest BCUT2D eigenvalue weighted by molar-refractivity contribution is 5.96. The molecule has 4 rings (SSSR count). The number of nitrogens with zero attached hydrogens (tertiary/aromatic N) is 3. The van der Waals surface area contributed by atoms with Gasteiger partial charge < -0.3 is 19.3 Å². The van der Waals surface area contributed by atoms with Gasteiger partial charge in [0.15, 0.2) is 0 Å². The van der Waals surface area contributed by atoms with Crippen LogP contribution in [0.25, 0.3) is 11.4 Å². The van der Waals surface area contributed by atoms with Crippen LogP contribution in [0.2, 0.25) is 0 Å². The molecule has 0 saturated carbocycles. The van der Waals surface area contributed by atoms with Crippen molar-refractivity contribution in [1.29, 1.82) is 0 Å². The third-order valence-electron chi connectivity index (χ3n) is 5.97. The summed E-state index contributed by atoms with van der Waals surface area (Å²) in [5, 5.41) is 7.07. The number of aromatic nitrogens is 2. The van der Waals surface area contributed by atoms with Gasteiger partial charge in [0.2, 0.25) is 17.6 Å². The number of carbonyl (C=O) groups is 2. The van der Waals surface area contributed by atoms with Gasteiger partial charge in [0.05, 0.1) is 32.2 Å². The zero-order valence-corrected chi connectivity index (χ0v) is 19.5. The summed E-state index contributed by atoms with van der Waals surface area (Å²) in [6.45, 7) is 3.80. The van der Waals surface area contributed by atoms with E-state index < -0.39 is 5.97 Å². The Morgan fingerprint density at radius 2 is 1.97 bits per heavy atom. The maximum atomic E-state index is 13.0. The first-order valence-corrected chi connectivity index (χ1v) is 11.2. The van der Waals surface area contributed by atoms with Crippen molar-refractivity contribution < 1.29 is 23.6 Å². The maximum Gasteiger partial charge on any atom is 0.337 e. The van der Waals surface area contributed by atoms with E-state index in [1.807, 2.05) is 31.2 Å². The highest BCUT2D eigenvalue weighted by Crippen LogP contribution is 2.24. The second kappa shape index (κ2) is 10.5. The molecule has 0 aliphatic carbocycles. The Hall–Kier alpha value is -3.72. The molecule has 1 unspecified atom stereocenters. The van der Waals surface area contributed by atoms with E-state index in [-0.39, 0.29) is 11.8 Å². The van der Waals surface area contributed by atoms with Gasteiger partial charge >= 0.3 is 5.97 Å². The lowest BCUT2D eigenvalue weighted by Gasteiger charge is -2.31. The number of anilines is 1. The SMILES string of the molecule is COC(=O)c1ccc(C)c(NC(=O)C2CCCN(Cc3nc(-c4ccc(OC)cc4)no3)C2)c1. The topological polar surface area (TPSA) is 107 Å². The highest BCUT2D eigenvalue weighted by Gasteiger charge is 2.27. The van der Waals surface area contributed by atoms with Crippen molar-refractivity contribution in [2.45, 2.75) is 26.3 Å². The Kier molecular flexibility index (Phi) is 7.22. The van der Waals surface area contributed by atoms with Gasteiger partial charge in [-0.05, 0) is 68.3 Å². The molecule has 1 atom stereocenters. The summed E-state index contributed by atoms with van der Waals surface area (Å²) in [6, 6.07) is 12.6. The molecule has 178 valence electrons. The molecule has 0 spiro atoms. The van der Waals surface area contributed by atoms with Crippen molar-refractivity contribution in [2.75, 3.05) is 32.6 Å². The van der Waals surface area contributed by atoms with E-state index in [1.165, 1.54) is 7.11 Å². The number of likely N-dealkylation sites (tertiary alicyclic amines) is 1. The van der Waals surface area contributed by atoms with Crippen molar-refractivity contribution >= 4 is 17.6 Å². The number of ether oxygens (including phenoxy) is 2. The fourth-order valence-electron chi connectivity index (χ4n) is 4.02. The number of rotatable bonds is 7. The van der Waals surface area contributed by atoms with Gasteiger partial charge in [-0.3, -0.25) is 9.69 Å². The van der Waals surface area contributed by atoms with Crippen molar-refractivity contribution in [3.8, 4) is 17.1 Å². The zero-order chi connectivity index (χ0) is 24.1. The van der Waals surface area contributed by atoms with E-state index in [0.29, 0.717) is 36.1 Å². The van der Waals surface area contributed by atoms with Crippen molar-refractivity contribution in [3.63, 3.8) is 0 Å². The number of benzene rings is 2. The molecule has 9 nitrogen and oxygen atoms in total. The van der Waals surface area contributed by atoms with Gasteiger partial charge in [-0.15, -0.1) is 0 Å². The van der Waals surface area contributed by atoms with Gasteiger partial charge in [-0.2, -0.15) is 4.98 Å². The fourth-order valence-corrected chi connectivity index (χ4v) is 4.02. The van der Waals surface area contributed by atoms with Crippen LogP contribution in [-0.2, 0) is 16.1 Å². The van der Waals surface area contributed by atoms with E-state index in [9.17, 15) is 9.59 Å². The summed E-state index contributed by atoms with van der Waals surface area (Å²) in [4.78, 5) is 31.5. The summed E-state index contributed by atoms with van der Waals surface area (Å²) in [5.41, 5.74) is 2.74. The largest absolute Gasteiger partial charge is 0.497 e. The molecular formula is C25H28N4O5. The minimum absolute atomic E-state index is 0.0701. The Morgan fingerprint density at radius 3 is 2.71 bits per heavy atom. The standard InChI is InChI=1S/C25H28N4O5/c1-16-6-7-18(25(31)33-3)13-21(16)26-24(30)19-5-4-12-29(14-19)15-22-27-23(28-34-22)17-8-10-20(32-2)11-9-17/h6-11,13,19H,4-5,12,14-15H2,1-3H3,(H,26,30). The van der Waals surface area contributed by atoms with Gasteiger partial charge in [0.25, 0.3) is 0 Å². The molecule has 9 heteroatoms. The predicted octanol–water partition coefficient (Wildman–Crippen LogP) is 3.69. The lowest BCUT2D eigenvalue weighted by atomic mass is 9.96. The number of nitrogens with one attached hydrogen (secondary N) is 1. The molecule has 1 saturated heterocycles. The quantitative estimate of drug-likeness (QED) is 0.528. The first-order chi connectivity index (χ1) is 16.5. The van der Waals surface area contributed by atoms with Crippen LogP contribution in [0.1, 0.15) is 34.7 Å². The number of hydrogen-bond donors (Lipinski definition) is 1. The van der Waals surface area contributed by atoms with Crippen LogP contribution < -0.4 is 10.1 Å². The number of hydrogen-bond acceptors (Lipinski definition) is 8. The minimum Gasteiger partial charge on any atom is -0.497 e. The Labute approximate surface area is 198 Å². The van der Waals surface area contributed by atoms with E-state index in [0.717, 1.165) is 36.3 Å². The second-order valence-electron chi connectivity index (χ2n) is 8.33. The van der Waals surface area contributed by atoms with E-state index >= 15 is 0 Å². The summed E-state index contributed by atoms with van der Waals surface area (Å²) in [5.74, 6) is 1.10. The van der Waals surface area contributed by atoms with Crippen molar-refractivity contribution in [2.24, 2.45) is 5.92 Å². The molecule has 2 heterocycles. The third kappa shape index (κ3) is 5.43. The molecule has 1 N–H and O–H groups in total. The molecule has 1 aromatic heterocycles. The number of amides is 1. The first kappa shape index (κ1) is 23.4. The van der Waals surface area contributed by atoms with Crippen LogP contribution >= 0.6 is 0 Å². The van der Waals surface area contributed by atoms with Crippen LogP contribution in [0.3, 0.4) is 0 Å². The fraction of sp³-hybridized carbons (Fsp3) is 0.360. The Bertz CT molecular complexity index is 1160. The van der Waals surface area contributed by atoms with Crippen LogP contribution in [-0.4, -0.2) is 54.2 Å². The van der Waals surface area contributed by atoms with Crippen LogP contribution in [0, 0.1) is 12.8 Å². The molecule has 1 aliphatic rings. The summed E-state index contributed by atoms with van der Waals surface area (Å²) >= 11 is 0. The molecule has 1 aliphatic heterocycles. The Balaban J connectivity index is 1.38. The van der Waals surface area contributed by atoms with E-state index in [4.69, 9.17) is 14.0 Å². The number of carbonyl (C=O) groups excluding carboxylic acids is 2. The monoisotopic (exact) mass is 464 g/mol. The predicted molar refractivity (Wildman–Crippen MR) is 125 cm³/mol. The van der Waals surface area contributed by atoms with Crippen LogP contribution in [0.15, 0.2) is 47.0 Å². The number of methoxy groups -OCH3 is 2. The average molecular weight is 465 g/mol. The lowest BCUT2D eigenvalue weighted by Crippen LogP contribution is -2.40. The van der Waals surface area contributed by atoms with Gasteiger partial charge in [0, 0.05) is 17.8 Å². The average Bonchev–Trinajstić information content (AvgIpc) is 3.33. The molecular weight excluding hydrogens is 436 g/mol. The lowest BCUT2D eigenvalue weighted by molar-refractivity contribution is -0.121. The van der Waals surface area contributed by atoms with E-state index in [1.54, 1.807) is 25.3 Å². The number of aryl methyl sites for hydroxylation is 1. The minimum atomic E-state index is -0.437. The van der Waals surface area contributed by atoms with Gasteiger partial charge in [-0.1, -0.05) is 11.2 Å². The smallest absolute Gasteiger partial charge is 0.337 e. The zero-order valence-electron chi connectivity index (χ0n) is 19.5. The molecule has 1 amide bonds. The summed E-state index contributed by atoms with van der Waals surface area (Å²) in [7, 11) is 2.95. The molecule has 2 aromatic carbocycles. The normalized spacial score (nSPS) is 16.1. The van der Waals surface area contributed by atoms with Gasteiger partial charge in [0.1, 0.15) is 5.75 Å². The molecule has 0 radical (unpaired) electrons. The van der Waals surface area contributed by atoms with Crippen molar-refractivity contribution in [3.05, 3.63) is 59.5 Å². The third-order valence-corrected chi connectivity index (χ3v) is 5.97. The number of esters is 1. The molecule has 1 fully saturated rings. The molecule has 34 heavy (non-hydrogen) atoms. The highest BCUT2D eigenvalue weighted by atomic mass is 16.5. The summed E-state index contributed by atoms with van der Waals surface area (Å²) in [6.07, 6.45) is 1.68. The van der Waals surface area contributed by atoms with E-state index in [2.05, 4.69) is 20.4 Å². The summed E-state index contributed by atoms with van der Waals surface area (Å²) < 4.78 is 15.4. The van der Waals surface area contributed by atoms with Crippen LogP contribution in [0.5, 0.6) is 5.75 Å². The first-order valence-electron chi connectivity index (χ1n) is 11.2. The molecule has 3 aromatic rings. The second-order valence-corrected chi connectivity index (χ2v) is 8.33. The number of piperidine rings is 1. The Morgan fingerprint density at radius 1 is 1.18 bits per heavy atom.